The van der Waals surface area contributed by atoms with E-state index in [1.54, 1.807) is 0 Å². The summed E-state index contributed by atoms with van der Waals surface area (Å²) in [7, 11) is 0. The van der Waals surface area contributed by atoms with Gasteiger partial charge in [0.15, 0.2) is 0 Å². The number of anilines is 2. The van der Waals surface area contributed by atoms with Gasteiger partial charge in [0.05, 0.1) is 0 Å². The Hall–Kier alpha value is -3.78. The van der Waals surface area contributed by atoms with E-state index in [9.17, 15) is 0 Å². The lowest BCUT2D eigenvalue weighted by atomic mass is 9.85. The van der Waals surface area contributed by atoms with E-state index in [1.165, 1.54) is 39.6 Å². The van der Waals surface area contributed by atoms with Crippen LogP contribution in [0.5, 0.6) is 0 Å². The molecule has 1 aliphatic rings. The van der Waals surface area contributed by atoms with Gasteiger partial charge in [0.25, 0.3) is 0 Å². The number of aryl methyl sites for hydroxylation is 2. The van der Waals surface area contributed by atoms with Crippen LogP contribution in [0, 0.1) is 25.7 Å². The Morgan fingerprint density at radius 2 is 1.56 bits per heavy atom. The molecule has 0 saturated heterocycles. The van der Waals surface area contributed by atoms with E-state index in [1.807, 2.05) is 6.08 Å². The third-order valence-electron chi connectivity index (χ3n) is 7.85. The minimum absolute atomic E-state index is 0.409. The van der Waals surface area contributed by atoms with Crippen LogP contribution < -0.4 is 9.80 Å². The fourth-order valence-corrected chi connectivity index (χ4v) is 5.57. The zero-order valence-electron chi connectivity index (χ0n) is 26.4. The summed E-state index contributed by atoms with van der Waals surface area (Å²) in [5, 5.41) is 0. The van der Waals surface area contributed by atoms with E-state index in [2.05, 4.69) is 162 Å². The van der Waals surface area contributed by atoms with Gasteiger partial charge in [0.1, 0.15) is 0 Å². The summed E-state index contributed by atoms with van der Waals surface area (Å²) in [6.45, 7) is 19.5. The number of allylic oxidation sites excluding steroid dienone is 10. The highest BCUT2D eigenvalue weighted by molar-refractivity contribution is 5.67. The topological polar surface area (TPSA) is 6.48 Å². The number of hydrogen-bond donors (Lipinski definition) is 0. The average molecular weight is 547 g/mol. The Bertz CT molecular complexity index is 1350. The van der Waals surface area contributed by atoms with Gasteiger partial charge in [0, 0.05) is 34.2 Å². The highest BCUT2D eigenvalue weighted by Gasteiger charge is 2.22. The lowest BCUT2D eigenvalue weighted by molar-refractivity contribution is 0.508. The first-order valence-electron chi connectivity index (χ1n) is 15.3. The van der Waals surface area contributed by atoms with Gasteiger partial charge >= 0.3 is 0 Å². The molecule has 2 unspecified atom stereocenters. The third-order valence-corrected chi connectivity index (χ3v) is 7.85. The van der Waals surface area contributed by atoms with E-state index in [0.717, 1.165) is 31.4 Å². The van der Waals surface area contributed by atoms with Crippen molar-refractivity contribution in [2.45, 2.75) is 74.1 Å². The second-order valence-electron chi connectivity index (χ2n) is 10.8. The van der Waals surface area contributed by atoms with Gasteiger partial charge in [0.2, 0.25) is 0 Å². The maximum atomic E-state index is 4.10. The predicted octanol–water partition coefficient (Wildman–Crippen LogP) is 11.4. The van der Waals surface area contributed by atoms with Crippen molar-refractivity contribution in [3.63, 3.8) is 0 Å². The molecule has 1 aliphatic carbocycles. The van der Waals surface area contributed by atoms with Gasteiger partial charge < -0.3 is 9.80 Å². The molecular formula is C39H50N2. The second kappa shape index (κ2) is 15.9. The molecule has 0 saturated carbocycles. The Kier molecular flexibility index (Phi) is 12.3. The molecule has 0 N–H and O–H groups in total. The summed E-state index contributed by atoms with van der Waals surface area (Å²) < 4.78 is 0. The quantitative estimate of drug-likeness (QED) is 0.231. The van der Waals surface area contributed by atoms with Crippen molar-refractivity contribution in [3.8, 4) is 0 Å². The molecule has 0 bridgehead atoms. The Balaban J connectivity index is 1.87. The third kappa shape index (κ3) is 7.91. The monoisotopic (exact) mass is 546 g/mol. The van der Waals surface area contributed by atoms with Crippen LogP contribution in [-0.4, -0.2) is 0 Å². The van der Waals surface area contributed by atoms with Crippen LogP contribution in [-0.2, 0) is 0 Å². The van der Waals surface area contributed by atoms with Crippen molar-refractivity contribution in [3.05, 3.63) is 144 Å². The molecule has 0 radical (unpaired) electrons. The van der Waals surface area contributed by atoms with Gasteiger partial charge in [-0.15, -0.1) is 0 Å². The lowest BCUT2D eigenvalue weighted by Crippen LogP contribution is -2.24. The molecule has 2 heteroatoms. The maximum Gasteiger partial charge on any atom is 0.0490 e. The molecule has 2 nitrogen and oxygen atoms in total. The number of para-hydroxylation sites is 2. The molecule has 0 heterocycles. The molecule has 0 spiro atoms. The lowest BCUT2D eigenvalue weighted by Gasteiger charge is -2.32. The zero-order valence-corrected chi connectivity index (χ0v) is 26.4. The van der Waals surface area contributed by atoms with Crippen LogP contribution in [0.2, 0.25) is 0 Å². The van der Waals surface area contributed by atoms with Crippen molar-refractivity contribution in [2.24, 2.45) is 11.8 Å². The summed E-state index contributed by atoms with van der Waals surface area (Å²) >= 11 is 0. The summed E-state index contributed by atoms with van der Waals surface area (Å²) in [6, 6.07) is 17.3. The van der Waals surface area contributed by atoms with Crippen molar-refractivity contribution in [1.29, 1.82) is 0 Å². The standard InChI is InChI=1S/C39H50N2/c1-9-19-35(13-5)41(39-26-17-15-22-31(39)7)36(20-10-2)24-18-23-33-27-28-37(29-32(33)8)40(34(11-3)12-4)38-25-16-14-21-30(38)6/h11-18,20-22,24-29,32-33H,3,9-10,19,23H2,1-2,4-8H3/b24-18-,34-12+,35-13+,36-20+. The van der Waals surface area contributed by atoms with Crippen molar-refractivity contribution in [2.75, 3.05) is 9.80 Å². The summed E-state index contributed by atoms with van der Waals surface area (Å²) in [5.41, 5.74) is 9.89. The molecule has 2 aromatic rings. The number of rotatable bonds is 13. The molecule has 2 aromatic carbocycles. The molecule has 41 heavy (non-hydrogen) atoms. The van der Waals surface area contributed by atoms with Crippen LogP contribution in [0.4, 0.5) is 11.4 Å². The van der Waals surface area contributed by atoms with Gasteiger partial charge in [-0.05, 0) is 100 Å². The van der Waals surface area contributed by atoms with Crippen molar-refractivity contribution < 1.29 is 0 Å². The van der Waals surface area contributed by atoms with E-state index in [4.69, 9.17) is 0 Å². The molecule has 2 atom stereocenters. The minimum Gasteiger partial charge on any atom is -0.315 e. The normalized spacial score (nSPS) is 18.0. The van der Waals surface area contributed by atoms with E-state index in [-0.39, 0.29) is 0 Å². The Labute approximate surface area is 250 Å². The molecule has 0 amide bonds. The molecule has 0 aliphatic heterocycles. The predicted molar refractivity (Wildman–Crippen MR) is 182 cm³/mol. The Morgan fingerprint density at radius 3 is 2.10 bits per heavy atom. The van der Waals surface area contributed by atoms with Gasteiger partial charge in [-0.3, -0.25) is 0 Å². The summed E-state index contributed by atoms with van der Waals surface area (Å²) in [6.07, 6.45) is 24.7. The molecule has 0 fully saturated rings. The van der Waals surface area contributed by atoms with Crippen LogP contribution in [0.1, 0.15) is 71.4 Å². The first-order chi connectivity index (χ1) is 19.9. The number of nitrogens with zero attached hydrogens (tertiary/aromatic N) is 2. The van der Waals surface area contributed by atoms with Crippen molar-refractivity contribution in [1.82, 2.24) is 0 Å². The molecule has 0 aromatic heterocycles. The first kappa shape index (κ1) is 31.7. The number of hydrogen-bond acceptors (Lipinski definition) is 2. The Morgan fingerprint density at radius 1 is 0.902 bits per heavy atom. The second-order valence-corrected chi connectivity index (χ2v) is 10.8. The highest BCUT2D eigenvalue weighted by atomic mass is 15.2. The summed E-state index contributed by atoms with van der Waals surface area (Å²) in [5.74, 6) is 0.851. The number of benzene rings is 2. The minimum atomic E-state index is 0.409. The van der Waals surface area contributed by atoms with Gasteiger partial charge in [-0.25, -0.2) is 0 Å². The van der Waals surface area contributed by atoms with Gasteiger partial charge in [-0.1, -0.05) is 107 Å². The van der Waals surface area contributed by atoms with Crippen LogP contribution >= 0.6 is 0 Å². The van der Waals surface area contributed by atoms with E-state index in [0.29, 0.717) is 11.8 Å². The van der Waals surface area contributed by atoms with Gasteiger partial charge in [-0.2, -0.15) is 0 Å². The van der Waals surface area contributed by atoms with Crippen LogP contribution in [0.15, 0.2) is 133 Å². The fraction of sp³-hybridized carbons (Fsp3) is 0.333. The maximum absolute atomic E-state index is 4.10. The fourth-order valence-electron chi connectivity index (χ4n) is 5.57. The summed E-state index contributed by atoms with van der Waals surface area (Å²) in [4.78, 5) is 4.79. The first-order valence-corrected chi connectivity index (χ1v) is 15.3. The highest BCUT2D eigenvalue weighted by Crippen LogP contribution is 2.35. The zero-order chi connectivity index (χ0) is 29.8. The van der Waals surface area contributed by atoms with E-state index < -0.39 is 0 Å². The van der Waals surface area contributed by atoms with Crippen LogP contribution in [0.3, 0.4) is 0 Å². The largest absolute Gasteiger partial charge is 0.315 e. The molecule has 3 rings (SSSR count). The van der Waals surface area contributed by atoms with E-state index >= 15 is 0 Å². The van der Waals surface area contributed by atoms with Crippen LogP contribution in [0.25, 0.3) is 0 Å². The van der Waals surface area contributed by atoms with Crippen molar-refractivity contribution >= 4 is 11.4 Å². The molecular weight excluding hydrogens is 496 g/mol. The molecule has 216 valence electrons. The smallest absolute Gasteiger partial charge is 0.0490 e. The SMILES string of the molecule is C=C/C(=C\C)N(C1=CC(C)C(C/C=C\C(=C/CC)N(/C(=C/C)CCC)c2ccccc2C)C=C1)c1ccccc1C. The average Bonchev–Trinajstić information content (AvgIpc) is 2.97.